The molecule has 1 N–H and O–H groups in total. The molecule has 0 unspecified atom stereocenters. The summed E-state index contributed by atoms with van der Waals surface area (Å²) in [6.45, 7) is 6.43. The Labute approximate surface area is 148 Å². The molecule has 0 aliphatic carbocycles. The Morgan fingerprint density at radius 2 is 1.56 bits per heavy atom. The molecule has 138 valence electrons. The minimum absolute atomic E-state index is 0.165. The molecule has 1 aromatic rings. The molecule has 0 fully saturated rings. The molecule has 0 spiro atoms. The highest BCUT2D eigenvalue weighted by Gasteiger charge is 2.13. The Morgan fingerprint density at radius 1 is 1.00 bits per heavy atom. The van der Waals surface area contributed by atoms with Crippen LogP contribution in [0.4, 0.5) is 11.4 Å². The lowest BCUT2D eigenvalue weighted by atomic mass is 10.2. The quantitative estimate of drug-likeness (QED) is 0.652. The summed E-state index contributed by atoms with van der Waals surface area (Å²) in [5.41, 5.74) is 1.46. The predicted molar refractivity (Wildman–Crippen MR) is 95.5 cm³/mol. The van der Waals surface area contributed by atoms with Crippen molar-refractivity contribution in [2.45, 2.75) is 33.6 Å². The minimum atomic E-state index is -0.290. The maximum absolute atomic E-state index is 11.6. The van der Waals surface area contributed by atoms with Gasteiger partial charge >= 0.3 is 11.9 Å². The molecule has 0 bridgehead atoms. The van der Waals surface area contributed by atoms with E-state index >= 15 is 0 Å². The molecule has 7 heteroatoms. The molecule has 0 radical (unpaired) electrons. The van der Waals surface area contributed by atoms with Gasteiger partial charge in [0, 0.05) is 31.4 Å². The van der Waals surface area contributed by atoms with Crippen molar-refractivity contribution < 1.29 is 23.9 Å². The van der Waals surface area contributed by atoms with Crippen LogP contribution < -0.4 is 10.2 Å². The minimum Gasteiger partial charge on any atom is -0.466 e. The maximum Gasteiger partial charge on any atom is 0.307 e. The van der Waals surface area contributed by atoms with Crippen LogP contribution in [-0.4, -0.2) is 44.1 Å². The van der Waals surface area contributed by atoms with Crippen LogP contribution in [0, 0.1) is 0 Å². The second kappa shape index (κ2) is 11.1. The van der Waals surface area contributed by atoms with Gasteiger partial charge in [-0.15, -0.1) is 0 Å². The lowest BCUT2D eigenvalue weighted by Gasteiger charge is -2.24. The molecule has 1 amide bonds. The van der Waals surface area contributed by atoms with Gasteiger partial charge in [0.05, 0.1) is 26.1 Å². The average molecular weight is 350 g/mol. The van der Waals surface area contributed by atoms with Crippen LogP contribution in [0.1, 0.15) is 33.6 Å². The second-order valence-electron chi connectivity index (χ2n) is 5.33. The summed E-state index contributed by atoms with van der Waals surface area (Å²) in [5.74, 6) is -0.745. The molecule has 0 heterocycles. The van der Waals surface area contributed by atoms with Gasteiger partial charge < -0.3 is 19.7 Å². The van der Waals surface area contributed by atoms with Gasteiger partial charge in [0.25, 0.3) is 0 Å². The van der Waals surface area contributed by atoms with Crippen molar-refractivity contribution in [2.24, 2.45) is 0 Å². The molecule has 25 heavy (non-hydrogen) atoms. The number of ether oxygens (including phenoxy) is 2. The molecule has 0 saturated carbocycles. The van der Waals surface area contributed by atoms with Gasteiger partial charge in [-0.25, -0.2) is 0 Å². The van der Waals surface area contributed by atoms with Gasteiger partial charge in [-0.3, -0.25) is 14.4 Å². The monoisotopic (exact) mass is 350 g/mol. The Balaban J connectivity index is 2.82. The van der Waals surface area contributed by atoms with Crippen molar-refractivity contribution in [3.63, 3.8) is 0 Å². The lowest BCUT2D eigenvalue weighted by molar-refractivity contribution is -0.143. The molecule has 0 atom stereocenters. The molecule has 7 nitrogen and oxygen atoms in total. The summed E-state index contributed by atoms with van der Waals surface area (Å²) >= 11 is 0. The zero-order chi connectivity index (χ0) is 18.7. The number of anilines is 2. The first-order valence-electron chi connectivity index (χ1n) is 8.40. The number of nitrogens with one attached hydrogen (secondary N) is 1. The number of nitrogens with zero attached hydrogens (tertiary/aromatic N) is 1. The highest BCUT2D eigenvalue weighted by atomic mass is 16.5. The van der Waals surface area contributed by atoms with E-state index in [4.69, 9.17) is 9.47 Å². The number of carbonyl (C=O) groups excluding carboxylic acids is 3. The van der Waals surface area contributed by atoms with E-state index in [0.29, 0.717) is 32.0 Å². The molecule has 1 aromatic carbocycles. The Bertz CT molecular complexity index is 567. The van der Waals surface area contributed by atoms with Crippen LogP contribution in [0.5, 0.6) is 0 Å². The fraction of sp³-hybridized carbons (Fsp3) is 0.500. The summed E-state index contributed by atoms with van der Waals surface area (Å²) in [4.78, 5) is 36.4. The third-order valence-corrected chi connectivity index (χ3v) is 3.31. The highest BCUT2D eigenvalue weighted by molar-refractivity contribution is 5.89. The van der Waals surface area contributed by atoms with Gasteiger partial charge in [0.15, 0.2) is 0 Å². The maximum atomic E-state index is 11.6. The van der Waals surface area contributed by atoms with E-state index in [0.717, 1.165) is 5.69 Å². The molecule has 1 rings (SSSR count). The van der Waals surface area contributed by atoms with Crippen molar-refractivity contribution in [3.05, 3.63) is 24.3 Å². The van der Waals surface area contributed by atoms with Gasteiger partial charge in [-0.2, -0.15) is 0 Å². The zero-order valence-electron chi connectivity index (χ0n) is 15.0. The van der Waals surface area contributed by atoms with Crippen LogP contribution in [-0.2, 0) is 23.9 Å². The van der Waals surface area contributed by atoms with Gasteiger partial charge in [0.1, 0.15) is 0 Å². The third-order valence-electron chi connectivity index (χ3n) is 3.31. The average Bonchev–Trinajstić information content (AvgIpc) is 2.55. The van der Waals surface area contributed by atoms with Crippen LogP contribution in [0.2, 0.25) is 0 Å². The van der Waals surface area contributed by atoms with Crippen molar-refractivity contribution in [2.75, 3.05) is 36.5 Å². The molecule has 0 aliphatic rings. The summed E-state index contributed by atoms with van der Waals surface area (Å²) in [6, 6.07) is 7.25. The number of amides is 1. The predicted octanol–water partition coefficient (Wildman–Crippen LogP) is 2.36. The smallest absolute Gasteiger partial charge is 0.307 e. The first-order chi connectivity index (χ1) is 12.0. The van der Waals surface area contributed by atoms with Gasteiger partial charge in [-0.1, -0.05) is 6.07 Å². The SMILES string of the molecule is CCOC(=O)CCN(CCC(=O)OCC)c1cccc(NC(C)=O)c1. The van der Waals surface area contributed by atoms with E-state index in [9.17, 15) is 14.4 Å². The Morgan fingerprint density at radius 3 is 2.04 bits per heavy atom. The second-order valence-corrected chi connectivity index (χ2v) is 5.33. The van der Waals surface area contributed by atoms with Crippen LogP contribution >= 0.6 is 0 Å². The van der Waals surface area contributed by atoms with E-state index in [1.807, 2.05) is 17.0 Å². The number of benzene rings is 1. The topological polar surface area (TPSA) is 84.9 Å². The zero-order valence-corrected chi connectivity index (χ0v) is 15.0. The highest BCUT2D eigenvalue weighted by Crippen LogP contribution is 2.20. The molecule has 0 aromatic heterocycles. The van der Waals surface area contributed by atoms with Crippen molar-refractivity contribution in [1.29, 1.82) is 0 Å². The molecule has 0 aliphatic heterocycles. The normalized spacial score (nSPS) is 10.0. The van der Waals surface area contributed by atoms with Gasteiger partial charge in [-0.05, 0) is 32.0 Å². The third kappa shape index (κ3) is 8.19. The van der Waals surface area contributed by atoms with Gasteiger partial charge in [0.2, 0.25) is 5.91 Å². The summed E-state index contributed by atoms with van der Waals surface area (Å²) in [5, 5.41) is 2.72. The summed E-state index contributed by atoms with van der Waals surface area (Å²) < 4.78 is 9.91. The van der Waals surface area contributed by atoms with Crippen molar-refractivity contribution >= 4 is 29.2 Å². The van der Waals surface area contributed by atoms with Crippen molar-refractivity contribution in [1.82, 2.24) is 0 Å². The molecular formula is C18H26N2O5. The van der Waals surface area contributed by atoms with E-state index in [1.165, 1.54) is 6.92 Å². The van der Waals surface area contributed by atoms with E-state index in [1.54, 1.807) is 26.0 Å². The first-order valence-corrected chi connectivity index (χ1v) is 8.40. The molecular weight excluding hydrogens is 324 g/mol. The number of carbonyl (C=O) groups is 3. The lowest BCUT2D eigenvalue weighted by Crippen LogP contribution is -2.29. The largest absolute Gasteiger partial charge is 0.466 e. The van der Waals surface area contributed by atoms with E-state index in [2.05, 4.69) is 5.32 Å². The fourth-order valence-electron chi connectivity index (χ4n) is 2.27. The summed E-state index contributed by atoms with van der Waals surface area (Å²) in [7, 11) is 0. The Kier molecular flexibility index (Phi) is 9.06. The van der Waals surface area contributed by atoms with Crippen LogP contribution in [0.25, 0.3) is 0 Å². The number of esters is 2. The summed E-state index contributed by atoms with van der Waals surface area (Å²) in [6.07, 6.45) is 0.419. The Hall–Kier alpha value is -2.57. The van der Waals surface area contributed by atoms with E-state index in [-0.39, 0.29) is 30.7 Å². The van der Waals surface area contributed by atoms with Crippen molar-refractivity contribution in [3.8, 4) is 0 Å². The van der Waals surface area contributed by atoms with Crippen LogP contribution in [0.3, 0.4) is 0 Å². The van der Waals surface area contributed by atoms with E-state index < -0.39 is 0 Å². The number of rotatable bonds is 10. The fourth-order valence-corrected chi connectivity index (χ4v) is 2.27. The standard InChI is InChI=1S/C18H26N2O5/c1-4-24-17(22)9-11-20(12-10-18(23)25-5-2)16-8-6-7-15(13-16)19-14(3)21/h6-8,13H,4-5,9-12H2,1-3H3,(H,19,21). The number of hydrogen-bond acceptors (Lipinski definition) is 6. The number of hydrogen-bond donors (Lipinski definition) is 1. The van der Waals surface area contributed by atoms with Crippen LogP contribution in [0.15, 0.2) is 24.3 Å². The molecule has 0 saturated heterocycles. The first kappa shape index (κ1) is 20.5.